The number of nitro benzene ring substituents is 1. The molecule has 94 valence electrons. The van der Waals surface area contributed by atoms with Crippen molar-refractivity contribution in [2.75, 3.05) is 19.0 Å². The number of aromatic nitrogens is 1. The number of benzene rings is 1. The van der Waals surface area contributed by atoms with Gasteiger partial charge in [-0.05, 0) is 24.1 Å². The van der Waals surface area contributed by atoms with Crippen molar-refractivity contribution in [1.29, 1.82) is 0 Å². The molecule has 0 aliphatic carbocycles. The zero-order valence-electron chi connectivity index (χ0n) is 10.7. The molecule has 0 fully saturated rings. The monoisotopic (exact) mass is 245 g/mol. The van der Waals surface area contributed by atoms with Crippen LogP contribution in [0.25, 0.3) is 10.9 Å². The first-order valence-electron chi connectivity index (χ1n) is 5.78. The highest BCUT2D eigenvalue weighted by Gasteiger charge is 2.11. The molecule has 18 heavy (non-hydrogen) atoms. The van der Waals surface area contributed by atoms with Crippen LogP contribution in [0.15, 0.2) is 24.3 Å². The topological polar surface area (TPSA) is 59.3 Å². The molecule has 1 heterocycles. The van der Waals surface area contributed by atoms with Gasteiger partial charge in [0.1, 0.15) is 5.82 Å². The molecule has 5 heteroatoms. The lowest BCUT2D eigenvalue weighted by Crippen LogP contribution is -2.11. The maximum absolute atomic E-state index is 10.8. The molecular weight excluding hydrogens is 230 g/mol. The number of nitro groups is 1. The molecule has 0 saturated carbocycles. The van der Waals surface area contributed by atoms with Crippen LogP contribution in [0.4, 0.5) is 11.5 Å². The molecule has 0 spiro atoms. The summed E-state index contributed by atoms with van der Waals surface area (Å²) < 4.78 is 0. The summed E-state index contributed by atoms with van der Waals surface area (Å²) in [4.78, 5) is 16.8. The largest absolute Gasteiger partial charge is 0.363 e. The van der Waals surface area contributed by atoms with Gasteiger partial charge in [-0.15, -0.1) is 0 Å². The van der Waals surface area contributed by atoms with Crippen molar-refractivity contribution in [2.45, 2.75) is 13.3 Å². The summed E-state index contributed by atoms with van der Waals surface area (Å²) in [6, 6.07) is 6.78. The Hall–Kier alpha value is -2.17. The van der Waals surface area contributed by atoms with Gasteiger partial charge in [-0.25, -0.2) is 4.98 Å². The van der Waals surface area contributed by atoms with Crippen molar-refractivity contribution in [3.63, 3.8) is 0 Å². The van der Waals surface area contributed by atoms with Crippen molar-refractivity contribution in [3.8, 4) is 0 Å². The number of pyridine rings is 1. The number of aryl methyl sites for hydroxylation is 1. The molecule has 2 aromatic rings. The number of hydrogen-bond acceptors (Lipinski definition) is 4. The zero-order valence-corrected chi connectivity index (χ0v) is 10.7. The highest BCUT2D eigenvalue weighted by atomic mass is 16.6. The van der Waals surface area contributed by atoms with Crippen LogP contribution in [0.3, 0.4) is 0 Å². The van der Waals surface area contributed by atoms with Gasteiger partial charge < -0.3 is 4.90 Å². The molecule has 0 aliphatic heterocycles. The molecule has 2 rings (SSSR count). The van der Waals surface area contributed by atoms with E-state index in [9.17, 15) is 10.1 Å². The number of rotatable bonds is 3. The molecule has 1 aromatic carbocycles. The quantitative estimate of drug-likeness (QED) is 0.616. The van der Waals surface area contributed by atoms with Crippen LogP contribution in [0.1, 0.15) is 12.5 Å². The molecule has 0 aliphatic rings. The van der Waals surface area contributed by atoms with Gasteiger partial charge >= 0.3 is 0 Å². The summed E-state index contributed by atoms with van der Waals surface area (Å²) >= 11 is 0. The van der Waals surface area contributed by atoms with Gasteiger partial charge in [-0.1, -0.05) is 6.92 Å². The Labute approximate surface area is 105 Å². The number of hydrogen-bond donors (Lipinski definition) is 0. The van der Waals surface area contributed by atoms with Gasteiger partial charge in [0.2, 0.25) is 0 Å². The molecule has 0 bridgehead atoms. The summed E-state index contributed by atoms with van der Waals surface area (Å²) in [6.45, 7) is 2.03. The predicted molar refractivity (Wildman–Crippen MR) is 72.1 cm³/mol. The normalized spacial score (nSPS) is 10.6. The van der Waals surface area contributed by atoms with Gasteiger partial charge in [0.05, 0.1) is 10.4 Å². The highest BCUT2D eigenvalue weighted by Crippen LogP contribution is 2.26. The van der Waals surface area contributed by atoms with Crippen LogP contribution in [0.2, 0.25) is 0 Å². The van der Waals surface area contributed by atoms with Gasteiger partial charge in [0, 0.05) is 31.6 Å². The van der Waals surface area contributed by atoms with Crippen molar-refractivity contribution < 1.29 is 4.92 Å². The van der Waals surface area contributed by atoms with Crippen molar-refractivity contribution >= 4 is 22.4 Å². The Balaban J connectivity index is 2.71. The van der Waals surface area contributed by atoms with Crippen LogP contribution in [-0.4, -0.2) is 24.0 Å². The Morgan fingerprint density at radius 3 is 2.61 bits per heavy atom. The van der Waals surface area contributed by atoms with E-state index >= 15 is 0 Å². The van der Waals surface area contributed by atoms with Crippen molar-refractivity contribution in [3.05, 3.63) is 39.9 Å². The van der Waals surface area contributed by atoms with Crippen molar-refractivity contribution in [1.82, 2.24) is 4.98 Å². The molecule has 0 saturated heterocycles. The second-order valence-corrected chi connectivity index (χ2v) is 4.35. The fourth-order valence-electron chi connectivity index (χ4n) is 1.90. The average molecular weight is 245 g/mol. The molecule has 0 unspecified atom stereocenters. The third-order valence-electron chi connectivity index (χ3n) is 2.91. The van der Waals surface area contributed by atoms with Gasteiger partial charge in [-0.2, -0.15) is 0 Å². The van der Waals surface area contributed by atoms with E-state index in [1.165, 1.54) is 6.07 Å². The highest BCUT2D eigenvalue weighted by molar-refractivity contribution is 5.86. The second-order valence-electron chi connectivity index (χ2n) is 4.35. The average Bonchev–Trinajstić information content (AvgIpc) is 2.36. The minimum Gasteiger partial charge on any atom is -0.363 e. The lowest BCUT2D eigenvalue weighted by Gasteiger charge is -2.14. The maximum Gasteiger partial charge on any atom is 0.270 e. The van der Waals surface area contributed by atoms with Crippen LogP contribution in [0.5, 0.6) is 0 Å². The zero-order chi connectivity index (χ0) is 13.3. The van der Waals surface area contributed by atoms with E-state index in [2.05, 4.69) is 4.98 Å². The van der Waals surface area contributed by atoms with E-state index in [1.807, 2.05) is 32.0 Å². The molecule has 5 nitrogen and oxygen atoms in total. The Kier molecular flexibility index (Phi) is 3.14. The number of nitrogens with zero attached hydrogens (tertiary/aromatic N) is 3. The van der Waals surface area contributed by atoms with Crippen LogP contribution in [0, 0.1) is 10.1 Å². The summed E-state index contributed by atoms with van der Waals surface area (Å²) in [7, 11) is 3.86. The summed E-state index contributed by atoms with van der Waals surface area (Å²) in [5.74, 6) is 0.869. The van der Waals surface area contributed by atoms with Gasteiger partial charge in [0.15, 0.2) is 0 Å². The first-order chi connectivity index (χ1) is 8.52. The minimum atomic E-state index is -0.376. The Morgan fingerprint density at radius 2 is 2.06 bits per heavy atom. The lowest BCUT2D eigenvalue weighted by atomic mass is 10.1. The van der Waals surface area contributed by atoms with Crippen molar-refractivity contribution in [2.24, 2.45) is 0 Å². The van der Waals surface area contributed by atoms with E-state index in [0.29, 0.717) is 0 Å². The van der Waals surface area contributed by atoms with E-state index in [1.54, 1.807) is 12.1 Å². The Bertz CT molecular complexity index is 608. The predicted octanol–water partition coefficient (Wildman–Crippen LogP) is 2.77. The van der Waals surface area contributed by atoms with Crippen LogP contribution in [-0.2, 0) is 6.42 Å². The number of fused-ring (bicyclic) bond motifs is 1. The first kappa shape index (κ1) is 12.3. The first-order valence-corrected chi connectivity index (χ1v) is 5.78. The van der Waals surface area contributed by atoms with Crippen LogP contribution < -0.4 is 4.90 Å². The number of non-ortho nitro benzene ring substituents is 1. The standard InChI is InChI=1S/C13H15N3O2/c1-4-9-7-13(15(2)3)14-12-6-5-10(16(17)18)8-11(9)12/h5-8H,4H2,1-3H3. The molecule has 0 atom stereocenters. The van der Waals surface area contributed by atoms with E-state index in [-0.39, 0.29) is 10.6 Å². The summed E-state index contributed by atoms with van der Waals surface area (Å²) in [6.07, 6.45) is 0.820. The molecule has 1 aromatic heterocycles. The van der Waals surface area contributed by atoms with E-state index in [0.717, 1.165) is 28.7 Å². The minimum absolute atomic E-state index is 0.108. The third-order valence-corrected chi connectivity index (χ3v) is 2.91. The molecule has 0 amide bonds. The fraction of sp³-hybridized carbons (Fsp3) is 0.308. The molecular formula is C13H15N3O2. The SMILES string of the molecule is CCc1cc(N(C)C)nc2ccc([N+](=O)[O-])cc12. The summed E-state index contributed by atoms with van der Waals surface area (Å²) in [5.41, 5.74) is 1.98. The second kappa shape index (κ2) is 4.60. The van der Waals surface area contributed by atoms with E-state index < -0.39 is 0 Å². The lowest BCUT2D eigenvalue weighted by molar-refractivity contribution is -0.384. The number of anilines is 1. The van der Waals surface area contributed by atoms with Crippen LogP contribution >= 0.6 is 0 Å². The van der Waals surface area contributed by atoms with Gasteiger partial charge in [0.25, 0.3) is 5.69 Å². The third kappa shape index (κ3) is 2.11. The molecule has 0 radical (unpaired) electrons. The maximum atomic E-state index is 10.8. The summed E-state index contributed by atoms with van der Waals surface area (Å²) in [5, 5.41) is 11.7. The molecule has 0 N–H and O–H groups in total. The van der Waals surface area contributed by atoms with E-state index in [4.69, 9.17) is 0 Å². The Morgan fingerprint density at radius 1 is 1.33 bits per heavy atom. The smallest absolute Gasteiger partial charge is 0.270 e. The fourth-order valence-corrected chi connectivity index (χ4v) is 1.90. The van der Waals surface area contributed by atoms with Gasteiger partial charge in [-0.3, -0.25) is 10.1 Å².